The summed E-state index contributed by atoms with van der Waals surface area (Å²) in [6.07, 6.45) is 0. The molecule has 0 saturated heterocycles. The van der Waals surface area contributed by atoms with Crippen molar-refractivity contribution in [3.63, 3.8) is 0 Å². The molecule has 0 heterocycles. The Morgan fingerprint density at radius 3 is 2.60 bits per heavy atom. The summed E-state index contributed by atoms with van der Waals surface area (Å²) < 4.78 is 31.0. The fourth-order valence-corrected chi connectivity index (χ4v) is 1.43. The number of nitrogens with one attached hydrogen (secondary N) is 2. The fourth-order valence-electron chi connectivity index (χ4n) is 1.43. The number of benzene rings is 1. The third kappa shape index (κ3) is 5.86. The number of hydrogen-bond donors (Lipinski definition) is 2. The second-order valence-corrected chi connectivity index (χ2v) is 4.70. The largest absolute Gasteiger partial charge is 0.492 e. The molecule has 0 saturated carbocycles. The summed E-state index contributed by atoms with van der Waals surface area (Å²) in [5.41, 5.74) is 0. The maximum Gasteiger partial charge on any atom is 0.191 e. The summed E-state index contributed by atoms with van der Waals surface area (Å²) in [5.74, 6) is -0.283. The summed E-state index contributed by atoms with van der Waals surface area (Å²) in [6.45, 7) is 5.87. The smallest absolute Gasteiger partial charge is 0.191 e. The van der Waals surface area contributed by atoms with Gasteiger partial charge in [-0.2, -0.15) is 0 Å². The number of halogens is 2. The quantitative estimate of drug-likeness (QED) is 0.478. The Hall–Kier alpha value is -1.85. The molecule has 0 spiro atoms. The van der Waals surface area contributed by atoms with Crippen molar-refractivity contribution in [3.8, 4) is 5.75 Å². The average Bonchev–Trinajstić information content (AvgIpc) is 2.41. The molecule has 0 fully saturated rings. The van der Waals surface area contributed by atoms with E-state index in [0.717, 1.165) is 18.7 Å². The molecule has 0 radical (unpaired) electrons. The standard InChI is InChI=1S/C14H21F2N3O/c1-10(2)9-19-14(17-3)18-6-7-20-11-4-5-12(15)13(16)8-11/h4-5,8,10H,6-7,9H2,1-3H3,(H2,17,18,19). The molecule has 6 heteroatoms. The number of rotatable bonds is 6. The Bertz CT molecular complexity index is 450. The van der Waals surface area contributed by atoms with E-state index in [4.69, 9.17) is 4.74 Å². The lowest BCUT2D eigenvalue weighted by Gasteiger charge is -2.13. The molecule has 2 N–H and O–H groups in total. The van der Waals surface area contributed by atoms with Crippen molar-refractivity contribution in [2.75, 3.05) is 26.7 Å². The summed E-state index contributed by atoms with van der Waals surface area (Å²) in [7, 11) is 1.69. The van der Waals surface area contributed by atoms with Gasteiger partial charge in [-0.25, -0.2) is 8.78 Å². The van der Waals surface area contributed by atoms with Crippen LogP contribution in [0.25, 0.3) is 0 Å². The number of hydrogen-bond acceptors (Lipinski definition) is 2. The van der Waals surface area contributed by atoms with Gasteiger partial charge in [0.15, 0.2) is 17.6 Å². The van der Waals surface area contributed by atoms with E-state index in [1.54, 1.807) is 7.05 Å². The number of aliphatic imine (C=N–C) groups is 1. The van der Waals surface area contributed by atoms with Crippen molar-refractivity contribution in [1.29, 1.82) is 0 Å². The van der Waals surface area contributed by atoms with Crippen LogP contribution in [0.4, 0.5) is 8.78 Å². The van der Waals surface area contributed by atoms with Crippen molar-refractivity contribution < 1.29 is 13.5 Å². The summed E-state index contributed by atoms with van der Waals surface area (Å²) in [6, 6.07) is 3.46. The predicted octanol–water partition coefficient (Wildman–Crippen LogP) is 2.16. The first-order valence-corrected chi connectivity index (χ1v) is 6.55. The van der Waals surface area contributed by atoms with Crippen molar-refractivity contribution in [2.45, 2.75) is 13.8 Å². The summed E-state index contributed by atoms with van der Waals surface area (Å²) >= 11 is 0. The van der Waals surface area contributed by atoms with E-state index in [1.165, 1.54) is 6.07 Å². The maximum atomic E-state index is 12.9. The van der Waals surface area contributed by atoms with Gasteiger partial charge < -0.3 is 15.4 Å². The normalized spacial score (nSPS) is 11.6. The molecule has 0 bridgehead atoms. The van der Waals surface area contributed by atoms with Gasteiger partial charge in [0.1, 0.15) is 12.4 Å². The van der Waals surface area contributed by atoms with Crippen LogP contribution in [0, 0.1) is 17.6 Å². The lowest BCUT2D eigenvalue weighted by Crippen LogP contribution is -2.40. The van der Waals surface area contributed by atoms with E-state index >= 15 is 0 Å². The van der Waals surface area contributed by atoms with Gasteiger partial charge in [0.2, 0.25) is 0 Å². The van der Waals surface area contributed by atoms with Crippen LogP contribution in [-0.4, -0.2) is 32.7 Å². The topological polar surface area (TPSA) is 45.7 Å². The molecule has 1 aromatic carbocycles. The Labute approximate surface area is 118 Å². The van der Waals surface area contributed by atoms with E-state index in [2.05, 4.69) is 29.5 Å². The third-order valence-corrected chi connectivity index (χ3v) is 2.46. The Morgan fingerprint density at radius 1 is 1.25 bits per heavy atom. The molecule has 20 heavy (non-hydrogen) atoms. The van der Waals surface area contributed by atoms with Crippen LogP contribution >= 0.6 is 0 Å². The van der Waals surface area contributed by atoms with E-state index < -0.39 is 11.6 Å². The third-order valence-electron chi connectivity index (χ3n) is 2.46. The van der Waals surface area contributed by atoms with Crippen LogP contribution in [0.3, 0.4) is 0 Å². The molecule has 0 unspecified atom stereocenters. The van der Waals surface area contributed by atoms with Gasteiger partial charge in [-0.1, -0.05) is 13.8 Å². The van der Waals surface area contributed by atoms with E-state index in [-0.39, 0.29) is 0 Å². The van der Waals surface area contributed by atoms with Crippen molar-refractivity contribution in [1.82, 2.24) is 10.6 Å². The molecule has 1 rings (SSSR count). The van der Waals surface area contributed by atoms with Gasteiger partial charge in [-0.15, -0.1) is 0 Å². The predicted molar refractivity (Wildman–Crippen MR) is 76.1 cm³/mol. The Kier molecular flexibility index (Phi) is 6.76. The van der Waals surface area contributed by atoms with Crippen molar-refractivity contribution in [3.05, 3.63) is 29.8 Å². The zero-order valence-corrected chi connectivity index (χ0v) is 12.0. The first-order chi connectivity index (χ1) is 9.52. The second kappa shape index (κ2) is 8.35. The molecule has 0 aliphatic carbocycles. The van der Waals surface area contributed by atoms with Crippen molar-refractivity contribution >= 4 is 5.96 Å². The van der Waals surface area contributed by atoms with E-state index in [1.807, 2.05) is 0 Å². The Morgan fingerprint density at radius 2 is 2.00 bits per heavy atom. The number of ether oxygens (including phenoxy) is 1. The number of guanidine groups is 1. The first-order valence-electron chi connectivity index (χ1n) is 6.55. The minimum atomic E-state index is -0.912. The zero-order chi connectivity index (χ0) is 15.0. The highest BCUT2D eigenvalue weighted by Crippen LogP contribution is 2.14. The molecular weight excluding hydrogens is 264 g/mol. The SMILES string of the molecule is CN=C(NCCOc1ccc(F)c(F)c1)NCC(C)C. The van der Waals surface area contributed by atoms with Crippen LogP contribution in [0.2, 0.25) is 0 Å². The first kappa shape index (κ1) is 16.2. The maximum absolute atomic E-state index is 12.9. The van der Waals surface area contributed by atoms with Crippen LogP contribution in [0.1, 0.15) is 13.8 Å². The second-order valence-electron chi connectivity index (χ2n) is 4.70. The molecule has 0 amide bonds. The summed E-state index contributed by atoms with van der Waals surface area (Å²) in [5, 5.41) is 6.22. The van der Waals surface area contributed by atoms with Gasteiger partial charge in [-0.05, 0) is 18.1 Å². The summed E-state index contributed by atoms with van der Waals surface area (Å²) in [4.78, 5) is 4.06. The van der Waals surface area contributed by atoms with Gasteiger partial charge in [0.25, 0.3) is 0 Å². The highest BCUT2D eigenvalue weighted by Gasteiger charge is 2.03. The highest BCUT2D eigenvalue weighted by atomic mass is 19.2. The van der Waals surface area contributed by atoms with E-state index in [9.17, 15) is 8.78 Å². The van der Waals surface area contributed by atoms with Gasteiger partial charge in [-0.3, -0.25) is 4.99 Å². The van der Waals surface area contributed by atoms with Gasteiger partial charge >= 0.3 is 0 Å². The van der Waals surface area contributed by atoms with Crippen LogP contribution in [-0.2, 0) is 0 Å². The molecule has 4 nitrogen and oxygen atoms in total. The molecule has 0 aliphatic rings. The minimum Gasteiger partial charge on any atom is -0.492 e. The van der Waals surface area contributed by atoms with Crippen LogP contribution < -0.4 is 15.4 Å². The fraction of sp³-hybridized carbons (Fsp3) is 0.500. The average molecular weight is 285 g/mol. The molecule has 1 aromatic rings. The van der Waals surface area contributed by atoms with Crippen LogP contribution in [0.15, 0.2) is 23.2 Å². The highest BCUT2D eigenvalue weighted by molar-refractivity contribution is 5.79. The molecule has 0 aromatic heterocycles. The van der Waals surface area contributed by atoms with Crippen molar-refractivity contribution in [2.24, 2.45) is 10.9 Å². The lowest BCUT2D eigenvalue weighted by molar-refractivity contribution is 0.318. The zero-order valence-electron chi connectivity index (χ0n) is 12.0. The molecule has 0 atom stereocenters. The lowest BCUT2D eigenvalue weighted by atomic mass is 10.2. The number of nitrogens with zero attached hydrogens (tertiary/aromatic N) is 1. The monoisotopic (exact) mass is 285 g/mol. The minimum absolute atomic E-state index is 0.302. The molecular formula is C14H21F2N3O. The Balaban J connectivity index is 2.28. The van der Waals surface area contributed by atoms with E-state index in [0.29, 0.717) is 30.8 Å². The van der Waals surface area contributed by atoms with Gasteiger partial charge in [0, 0.05) is 19.7 Å². The molecule has 0 aliphatic heterocycles. The van der Waals surface area contributed by atoms with Gasteiger partial charge in [0.05, 0.1) is 6.54 Å². The molecule has 112 valence electrons. The van der Waals surface area contributed by atoms with Crippen LogP contribution in [0.5, 0.6) is 5.75 Å².